The second kappa shape index (κ2) is 10.2. The van der Waals surface area contributed by atoms with Crippen LogP contribution in [0.1, 0.15) is 18.9 Å². The van der Waals surface area contributed by atoms with E-state index in [0.29, 0.717) is 17.1 Å². The van der Waals surface area contributed by atoms with E-state index in [1.165, 1.54) is 0 Å². The highest BCUT2D eigenvalue weighted by atomic mass is 79.9. The minimum Gasteiger partial charge on any atom is -0.483 e. The summed E-state index contributed by atoms with van der Waals surface area (Å²) in [6, 6.07) is 12.8. The highest BCUT2D eigenvalue weighted by Gasteiger charge is 2.07. The van der Waals surface area contributed by atoms with E-state index in [4.69, 9.17) is 4.74 Å². The first-order valence-electron chi connectivity index (χ1n) is 8.10. The van der Waals surface area contributed by atoms with E-state index in [-0.39, 0.29) is 18.9 Å². The third kappa shape index (κ3) is 7.52. The van der Waals surface area contributed by atoms with Crippen molar-refractivity contribution in [1.82, 2.24) is 5.43 Å². The zero-order valence-corrected chi connectivity index (χ0v) is 18.1. The Bertz CT molecular complexity index is 869. The number of hydrogen-bond acceptors (Lipinski definition) is 4. The van der Waals surface area contributed by atoms with Crippen LogP contribution in [0.15, 0.2) is 56.5 Å². The second-order valence-electron chi connectivity index (χ2n) is 5.82. The summed E-state index contributed by atoms with van der Waals surface area (Å²) >= 11 is 6.72. The Morgan fingerprint density at radius 2 is 1.81 bits per heavy atom. The molecule has 27 heavy (non-hydrogen) atoms. The lowest BCUT2D eigenvalue weighted by Crippen LogP contribution is -2.26. The maximum atomic E-state index is 12.0. The summed E-state index contributed by atoms with van der Waals surface area (Å²) < 4.78 is 7.29. The molecule has 0 bridgehead atoms. The van der Waals surface area contributed by atoms with Crippen molar-refractivity contribution in [1.29, 1.82) is 0 Å². The number of aryl methyl sites for hydroxylation is 1. The molecule has 8 heteroatoms. The number of amides is 2. The molecule has 0 aromatic heterocycles. The van der Waals surface area contributed by atoms with Crippen molar-refractivity contribution < 1.29 is 14.3 Å². The molecule has 0 saturated carbocycles. The molecule has 2 N–H and O–H groups in total. The molecule has 0 fully saturated rings. The Balaban J connectivity index is 1.78. The molecule has 0 heterocycles. The summed E-state index contributed by atoms with van der Waals surface area (Å²) in [4.78, 5) is 23.9. The lowest BCUT2D eigenvalue weighted by atomic mass is 10.2. The third-order valence-electron chi connectivity index (χ3n) is 3.39. The SMILES string of the molecule is C/C(CC(=O)Nc1cccc(Br)c1)=N\NC(=O)COc1ccc(Br)cc1C. The monoisotopic (exact) mass is 495 g/mol. The molecule has 0 aliphatic heterocycles. The van der Waals surface area contributed by atoms with Crippen LogP contribution in [0.2, 0.25) is 0 Å². The van der Waals surface area contributed by atoms with Crippen molar-refractivity contribution >= 4 is 55.1 Å². The largest absolute Gasteiger partial charge is 0.483 e. The van der Waals surface area contributed by atoms with Gasteiger partial charge in [0.1, 0.15) is 5.75 Å². The summed E-state index contributed by atoms with van der Waals surface area (Å²) in [5, 5.41) is 6.70. The minimum absolute atomic E-state index is 0.0689. The van der Waals surface area contributed by atoms with E-state index in [1.54, 1.807) is 25.1 Å². The molecule has 0 unspecified atom stereocenters. The molecule has 0 spiro atoms. The van der Waals surface area contributed by atoms with Crippen LogP contribution in [-0.2, 0) is 9.59 Å². The van der Waals surface area contributed by atoms with E-state index in [9.17, 15) is 9.59 Å². The molecule has 0 atom stereocenters. The van der Waals surface area contributed by atoms with E-state index in [1.807, 2.05) is 31.2 Å². The smallest absolute Gasteiger partial charge is 0.277 e. The number of hydrazone groups is 1. The van der Waals surface area contributed by atoms with Gasteiger partial charge in [-0.3, -0.25) is 9.59 Å². The van der Waals surface area contributed by atoms with Gasteiger partial charge < -0.3 is 10.1 Å². The molecule has 0 aliphatic rings. The number of halogens is 2. The van der Waals surface area contributed by atoms with Crippen molar-refractivity contribution in [2.24, 2.45) is 5.10 Å². The number of benzene rings is 2. The van der Waals surface area contributed by atoms with Crippen LogP contribution < -0.4 is 15.5 Å². The summed E-state index contributed by atoms with van der Waals surface area (Å²) in [7, 11) is 0. The van der Waals surface area contributed by atoms with Crippen LogP contribution in [0, 0.1) is 6.92 Å². The highest BCUT2D eigenvalue weighted by molar-refractivity contribution is 9.10. The standard InChI is InChI=1S/C19H19Br2N3O3/c1-12-8-15(21)6-7-17(12)27-11-19(26)24-23-13(2)9-18(25)22-16-5-3-4-14(20)10-16/h3-8,10H,9,11H2,1-2H3,(H,22,25)(H,24,26)/b23-13+. The molecule has 2 amide bonds. The van der Waals surface area contributed by atoms with Gasteiger partial charge >= 0.3 is 0 Å². The fourth-order valence-electron chi connectivity index (χ4n) is 2.15. The van der Waals surface area contributed by atoms with Gasteiger partial charge in [-0.25, -0.2) is 5.43 Å². The lowest BCUT2D eigenvalue weighted by molar-refractivity contribution is -0.123. The molecule has 6 nitrogen and oxygen atoms in total. The molecule has 0 saturated heterocycles. The van der Waals surface area contributed by atoms with Crippen LogP contribution in [0.3, 0.4) is 0 Å². The van der Waals surface area contributed by atoms with Crippen molar-refractivity contribution in [3.63, 3.8) is 0 Å². The van der Waals surface area contributed by atoms with Gasteiger partial charge in [-0.2, -0.15) is 5.10 Å². The molecular weight excluding hydrogens is 478 g/mol. The van der Waals surface area contributed by atoms with Gasteiger partial charge in [-0.05, 0) is 55.8 Å². The maximum Gasteiger partial charge on any atom is 0.277 e. The number of nitrogens with zero attached hydrogens (tertiary/aromatic N) is 1. The molecule has 0 radical (unpaired) electrons. The first-order valence-corrected chi connectivity index (χ1v) is 9.68. The van der Waals surface area contributed by atoms with E-state index < -0.39 is 5.91 Å². The number of nitrogens with one attached hydrogen (secondary N) is 2. The first kappa shape index (κ1) is 21.1. The normalized spacial score (nSPS) is 11.0. The van der Waals surface area contributed by atoms with Crippen LogP contribution >= 0.6 is 31.9 Å². The Morgan fingerprint density at radius 3 is 2.52 bits per heavy atom. The molecule has 2 rings (SSSR count). The number of anilines is 1. The quantitative estimate of drug-likeness (QED) is 0.439. The van der Waals surface area contributed by atoms with Crippen LogP contribution in [0.5, 0.6) is 5.75 Å². The fourth-order valence-corrected chi connectivity index (χ4v) is 3.03. The minimum atomic E-state index is -0.399. The topological polar surface area (TPSA) is 79.8 Å². The Morgan fingerprint density at radius 1 is 1.07 bits per heavy atom. The van der Waals surface area contributed by atoms with E-state index in [2.05, 4.69) is 47.7 Å². The lowest BCUT2D eigenvalue weighted by Gasteiger charge is -2.09. The number of carbonyl (C=O) groups is 2. The van der Waals surface area contributed by atoms with E-state index in [0.717, 1.165) is 14.5 Å². The third-order valence-corrected chi connectivity index (χ3v) is 4.38. The predicted molar refractivity (Wildman–Crippen MR) is 113 cm³/mol. The number of ether oxygens (including phenoxy) is 1. The zero-order valence-electron chi connectivity index (χ0n) is 14.9. The summed E-state index contributed by atoms with van der Waals surface area (Å²) in [6.07, 6.45) is 0.0689. The molecule has 2 aromatic rings. The van der Waals surface area contributed by atoms with Crippen LogP contribution in [0.25, 0.3) is 0 Å². The fraction of sp³-hybridized carbons (Fsp3) is 0.211. The molecular formula is C19H19Br2N3O3. The molecule has 142 valence electrons. The van der Waals surface area contributed by atoms with Gasteiger partial charge in [0.25, 0.3) is 5.91 Å². The number of hydrogen-bond donors (Lipinski definition) is 2. The van der Waals surface area contributed by atoms with E-state index >= 15 is 0 Å². The predicted octanol–water partition coefficient (Wildman–Crippen LogP) is 4.42. The van der Waals surface area contributed by atoms with Crippen LogP contribution in [-0.4, -0.2) is 24.1 Å². The number of rotatable bonds is 7. The highest BCUT2D eigenvalue weighted by Crippen LogP contribution is 2.22. The van der Waals surface area contributed by atoms with Crippen LogP contribution in [0.4, 0.5) is 5.69 Å². The van der Waals surface area contributed by atoms with Crippen molar-refractivity contribution in [3.05, 3.63) is 57.0 Å². The van der Waals surface area contributed by atoms with Gasteiger partial charge in [0.15, 0.2) is 6.61 Å². The van der Waals surface area contributed by atoms with Gasteiger partial charge in [0.05, 0.1) is 6.42 Å². The van der Waals surface area contributed by atoms with Crippen molar-refractivity contribution in [2.75, 3.05) is 11.9 Å². The summed E-state index contributed by atoms with van der Waals surface area (Å²) in [6.45, 7) is 3.40. The summed E-state index contributed by atoms with van der Waals surface area (Å²) in [5.41, 5.74) is 4.47. The second-order valence-corrected chi connectivity index (χ2v) is 7.65. The Kier molecular flexibility index (Phi) is 7.99. The van der Waals surface area contributed by atoms with Gasteiger partial charge in [0, 0.05) is 20.3 Å². The number of carbonyl (C=O) groups excluding carboxylic acids is 2. The average Bonchev–Trinajstić information content (AvgIpc) is 2.59. The van der Waals surface area contributed by atoms with Crippen molar-refractivity contribution in [2.45, 2.75) is 20.3 Å². The van der Waals surface area contributed by atoms with Gasteiger partial charge in [-0.1, -0.05) is 37.9 Å². The molecule has 0 aliphatic carbocycles. The zero-order chi connectivity index (χ0) is 19.8. The Labute approximate surface area is 174 Å². The molecule has 2 aromatic carbocycles. The van der Waals surface area contributed by atoms with Gasteiger partial charge in [0.2, 0.25) is 5.91 Å². The average molecular weight is 497 g/mol. The first-order chi connectivity index (χ1) is 12.8. The maximum absolute atomic E-state index is 12.0. The van der Waals surface area contributed by atoms with Crippen molar-refractivity contribution in [3.8, 4) is 5.75 Å². The van der Waals surface area contributed by atoms with Gasteiger partial charge in [-0.15, -0.1) is 0 Å². The summed E-state index contributed by atoms with van der Waals surface area (Å²) in [5.74, 6) is 0.0110. The Hall–Kier alpha value is -2.19.